The van der Waals surface area contributed by atoms with Crippen LogP contribution in [-0.2, 0) is 4.79 Å². The number of benzene rings is 2. The van der Waals surface area contributed by atoms with Crippen LogP contribution < -0.4 is 20.5 Å². The van der Waals surface area contributed by atoms with Crippen molar-refractivity contribution in [3.05, 3.63) is 59.1 Å². The summed E-state index contributed by atoms with van der Waals surface area (Å²) in [6, 6.07) is 13.9. The molecule has 0 radical (unpaired) electrons. The Kier molecular flexibility index (Phi) is 6.25. The highest BCUT2D eigenvalue weighted by atomic mass is 35.5. The van der Waals surface area contributed by atoms with Crippen LogP contribution in [0.3, 0.4) is 0 Å². The van der Waals surface area contributed by atoms with Gasteiger partial charge in [0.2, 0.25) is 0 Å². The number of para-hydroxylation sites is 1. The summed E-state index contributed by atoms with van der Waals surface area (Å²) in [5.74, 6) is -0.504. The lowest BCUT2D eigenvalue weighted by Gasteiger charge is -2.16. The van der Waals surface area contributed by atoms with Crippen molar-refractivity contribution in [2.75, 3.05) is 19.0 Å². The largest absolute Gasteiger partial charge is 0.479 e. The van der Waals surface area contributed by atoms with Crippen LogP contribution in [0.4, 0.5) is 5.69 Å². The zero-order valence-corrected chi connectivity index (χ0v) is 15.0. The molecule has 0 fully saturated rings. The number of nitrogens with one attached hydrogen (secondary N) is 2. The zero-order valence-electron chi connectivity index (χ0n) is 14.2. The molecule has 2 amide bonds. The van der Waals surface area contributed by atoms with Gasteiger partial charge in [-0.1, -0.05) is 29.8 Å². The monoisotopic (exact) mass is 361 g/mol. The molecule has 0 aliphatic heterocycles. The quantitative estimate of drug-likeness (QED) is 0.803. The smallest absolute Gasteiger partial charge is 0.279 e. The van der Waals surface area contributed by atoms with Crippen LogP contribution in [0, 0.1) is 0 Å². The average molecular weight is 362 g/mol. The van der Waals surface area contributed by atoms with E-state index in [9.17, 15) is 9.59 Å². The molecule has 0 heterocycles. The van der Waals surface area contributed by atoms with Crippen molar-refractivity contribution in [3.63, 3.8) is 0 Å². The third kappa shape index (κ3) is 5.12. The van der Waals surface area contributed by atoms with Crippen molar-refractivity contribution in [3.8, 4) is 5.75 Å². The Morgan fingerprint density at radius 2 is 1.80 bits per heavy atom. The summed E-state index contributed by atoms with van der Waals surface area (Å²) in [5, 5.41) is 0.409. The lowest BCUT2D eigenvalue weighted by atomic mass is 10.2. The van der Waals surface area contributed by atoms with E-state index in [1.54, 1.807) is 49.4 Å². The van der Waals surface area contributed by atoms with Crippen LogP contribution in [-0.4, -0.2) is 32.0 Å². The number of halogens is 1. The van der Waals surface area contributed by atoms with Crippen LogP contribution in [0.5, 0.6) is 5.75 Å². The molecular weight excluding hydrogens is 342 g/mol. The van der Waals surface area contributed by atoms with E-state index in [-0.39, 0.29) is 0 Å². The Labute approximate surface area is 151 Å². The lowest BCUT2D eigenvalue weighted by molar-refractivity contribution is -0.128. The predicted molar refractivity (Wildman–Crippen MR) is 97.9 cm³/mol. The van der Waals surface area contributed by atoms with Gasteiger partial charge >= 0.3 is 0 Å². The highest BCUT2D eigenvalue weighted by Crippen LogP contribution is 2.24. The van der Waals surface area contributed by atoms with Crippen molar-refractivity contribution in [2.45, 2.75) is 13.0 Å². The molecular formula is C18H20ClN3O3. The fourth-order valence-electron chi connectivity index (χ4n) is 2.00. The lowest BCUT2D eigenvalue weighted by Crippen LogP contribution is -2.47. The van der Waals surface area contributed by atoms with Gasteiger partial charge in [-0.2, -0.15) is 0 Å². The van der Waals surface area contributed by atoms with Crippen LogP contribution in [0.15, 0.2) is 48.5 Å². The minimum absolute atomic E-state index is 0.400. The number of nitrogens with zero attached hydrogens (tertiary/aromatic N) is 1. The SMILES string of the molecule is CC(Oc1ccccc1Cl)C(=O)NNC(=O)c1cccc(N(C)C)c1. The van der Waals surface area contributed by atoms with Crippen molar-refractivity contribution >= 4 is 29.1 Å². The zero-order chi connectivity index (χ0) is 18.4. The second kappa shape index (κ2) is 8.39. The van der Waals surface area contributed by atoms with E-state index in [4.69, 9.17) is 16.3 Å². The predicted octanol–water partition coefficient (Wildman–Crippen LogP) is 2.63. The Bertz CT molecular complexity index is 765. The first-order valence-corrected chi connectivity index (χ1v) is 8.05. The summed E-state index contributed by atoms with van der Waals surface area (Å²) >= 11 is 5.99. The summed E-state index contributed by atoms with van der Waals surface area (Å²) in [5.41, 5.74) is 6.05. The molecule has 0 bridgehead atoms. The maximum absolute atomic E-state index is 12.2. The molecule has 0 aliphatic carbocycles. The number of rotatable bonds is 5. The third-order valence-electron chi connectivity index (χ3n) is 3.43. The molecule has 2 aromatic carbocycles. The molecule has 132 valence electrons. The van der Waals surface area contributed by atoms with Gasteiger partial charge in [0, 0.05) is 25.3 Å². The number of ether oxygens (including phenoxy) is 1. The van der Waals surface area contributed by atoms with Gasteiger partial charge in [-0.05, 0) is 37.3 Å². The number of carbonyl (C=O) groups is 2. The van der Waals surface area contributed by atoms with Crippen molar-refractivity contribution in [1.82, 2.24) is 10.9 Å². The number of carbonyl (C=O) groups excluding carboxylic acids is 2. The van der Waals surface area contributed by atoms with E-state index in [0.717, 1.165) is 5.69 Å². The fourth-order valence-corrected chi connectivity index (χ4v) is 2.18. The Hall–Kier alpha value is -2.73. The average Bonchev–Trinajstić information content (AvgIpc) is 2.61. The van der Waals surface area contributed by atoms with Gasteiger partial charge in [-0.15, -0.1) is 0 Å². The molecule has 0 aromatic heterocycles. The maximum atomic E-state index is 12.2. The summed E-state index contributed by atoms with van der Waals surface area (Å²) < 4.78 is 5.49. The minimum atomic E-state index is -0.826. The number of hydrazine groups is 1. The molecule has 1 unspecified atom stereocenters. The number of amides is 2. The van der Waals surface area contributed by atoms with Crippen LogP contribution in [0.25, 0.3) is 0 Å². The van der Waals surface area contributed by atoms with Gasteiger partial charge < -0.3 is 9.64 Å². The highest BCUT2D eigenvalue weighted by Gasteiger charge is 2.17. The summed E-state index contributed by atoms with van der Waals surface area (Å²) in [7, 11) is 3.76. The summed E-state index contributed by atoms with van der Waals surface area (Å²) in [6.07, 6.45) is -0.826. The number of anilines is 1. The summed E-state index contributed by atoms with van der Waals surface area (Å²) in [6.45, 7) is 1.57. The van der Waals surface area contributed by atoms with Gasteiger partial charge in [0.05, 0.1) is 5.02 Å². The molecule has 2 rings (SSSR count). The van der Waals surface area contributed by atoms with Gasteiger partial charge in [0.25, 0.3) is 11.8 Å². The first-order chi connectivity index (χ1) is 11.9. The number of hydrogen-bond acceptors (Lipinski definition) is 4. The maximum Gasteiger partial charge on any atom is 0.279 e. The molecule has 7 heteroatoms. The van der Waals surface area contributed by atoms with Gasteiger partial charge in [-0.3, -0.25) is 20.4 Å². The van der Waals surface area contributed by atoms with E-state index >= 15 is 0 Å². The van der Waals surface area contributed by atoms with E-state index in [1.165, 1.54) is 0 Å². The van der Waals surface area contributed by atoms with Crippen molar-refractivity contribution in [1.29, 1.82) is 0 Å². The van der Waals surface area contributed by atoms with E-state index < -0.39 is 17.9 Å². The van der Waals surface area contributed by atoms with E-state index in [0.29, 0.717) is 16.3 Å². The third-order valence-corrected chi connectivity index (χ3v) is 3.75. The van der Waals surface area contributed by atoms with Crippen LogP contribution in [0.2, 0.25) is 5.02 Å². The molecule has 1 atom stereocenters. The van der Waals surface area contributed by atoms with Crippen molar-refractivity contribution < 1.29 is 14.3 Å². The Morgan fingerprint density at radius 1 is 1.08 bits per heavy atom. The van der Waals surface area contributed by atoms with Gasteiger partial charge in [-0.25, -0.2) is 0 Å². The normalized spacial score (nSPS) is 11.4. The minimum Gasteiger partial charge on any atom is -0.479 e. The topological polar surface area (TPSA) is 70.7 Å². The van der Waals surface area contributed by atoms with E-state index in [2.05, 4.69) is 10.9 Å². The molecule has 2 aromatic rings. The molecule has 2 N–H and O–H groups in total. The standard InChI is InChI=1S/C18H20ClN3O3/c1-12(25-16-10-5-4-9-15(16)19)17(23)20-21-18(24)13-7-6-8-14(11-13)22(2)3/h4-12H,1-3H3,(H,20,23)(H,21,24). The molecule has 6 nitrogen and oxygen atoms in total. The molecule has 0 saturated heterocycles. The van der Waals surface area contributed by atoms with Gasteiger partial charge in [0.1, 0.15) is 5.75 Å². The second-order valence-electron chi connectivity index (χ2n) is 5.58. The van der Waals surface area contributed by atoms with Crippen LogP contribution >= 0.6 is 11.6 Å². The Balaban J connectivity index is 1.91. The molecule has 0 aliphatic rings. The second-order valence-corrected chi connectivity index (χ2v) is 5.99. The Morgan fingerprint density at radius 3 is 2.48 bits per heavy atom. The van der Waals surface area contributed by atoms with Crippen LogP contribution in [0.1, 0.15) is 17.3 Å². The highest BCUT2D eigenvalue weighted by molar-refractivity contribution is 6.32. The first kappa shape index (κ1) is 18.6. The van der Waals surface area contributed by atoms with Gasteiger partial charge in [0.15, 0.2) is 6.10 Å². The number of hydrogen-bond donors (Lipinski definition) is 2. The molecule has 25 heavy (non-hydrogen) atoms. The van der Waals surface area contributed by atoms with Crippen molar-refractivity contribution in [2.24, 2.45) is 0 Å². The summed E-state index contributed by atoms with van der Waals surface area (Å²) in [4.78, 5) is 26.1. The molecule has 0 saturated carbocycles. The first-order valence-electron chi connectivity index (χ1n) is 7.67. The fraction of sp³-hybridized carbons (Fsp3) is 0.222. The van der Waals surface area contributed by atoms with E-state index in [1.807, 2.05) is 25.1 Å². The molecule has 0 spiro atoms.